The Morgan fingerprint density at radius 2 is 1.69 bits per heavy atom. The molecule has 16 heavy (non-hydrogen) atoms. The van der Waals surface area contributed by atoms with Crippen LogP contribution >= 0.6 is 0 Å². The third-order valence-electron chi connectivity index (χ3n) is 0.870. The highest BCUT2D eigenvalue weighted by Gasteiger charge is 2.13. The Morgan fingerprint density at radius 3 is 1.94 bits per heavy atom. The van der Waals surface area contributed by atoms with E-state index in [2.05, 4.69) is 4.18 Å². The Kier molecular flexibility index (Phi) is 9.69. The van der Waals surface area contributed by atoms with Gasteiger partial charge in [0.05, 0.1) is 19.4 Å². The lowest BCUT2D eigenvalue weighted by Crippen LogP contribution is -2.12. The molecule has 0 radical (unpaired) electrons. The third-order valence-corrected chi connectivity index (χ3v) is 1.27. The van der Waals surface area contributed by atoms with Crippen LogP contribution in [-0.4, -0.2) is 48.3 Å². The summed E-state index contributed by atoms with van der Waals surface area (Å²) in [5.41, 5.74) is 4.78. The second-order valence-electron chi connectivity index (χ2n) is 2.29. The second kappa shape index (κ2) is 9.03. The summed E-state index contributed by atoms with van der Waals surface area (Å²) in [5, 5.41) is 15.8. The number of hydrogen-bond donors (Lipinski definition) is 4. The van der Waals surface area contributed by atoms with E-state index in [1.165, 1.54) is 0 Å². The van der Waals surface area contributed by atoms with Gasteiger partial charge in [0.2, 0.25) is 0 Å². The van der Waals surface area contributed by atoms with Crippen molar-refractivity contribution in [3.63, 3.8) is 0 Å². The maximum Gasteiger partial charge on any atom is 0.448 e. The number of aliphatic carboxylic acids is 1. The first-order chi connectivity index (χ1) is 7.22. The number of carboxylic acids is 1. The summed E-state index contributed by atoms with van der Waals surface area (Å²) in [4.78, 5) is 20.2. The van der Waals surface area contributed by atoms with Crippen LogP contribution in [0.1, 0.15) is 12.8 Å². The summed E-state index contributed by atoms with van der Waals surface area (Å²) < 4.78 is 31.1. The SMILES string of the molecule is NCCO.O=C(O)CCC(=O)OS(=O)(=O)O. The van der Waals surface area contributed by atoms with Crippen LogP contribution in [0.4, 0.5) is 0 Å². The summed E-state index contributed by atoms with van der Waals surface area (Å²) >= 11 is 0. The molecule has 96 valence electrons. The number of carbonyl (C=O) groups is 2. The lowest BCUT2D eigenvalue weighted by molar-refractivity contribution is -0.142. The van der Waals surface area contributed by atoms with Crippen LogP contribution in [0.2, 0.25) is 0 Å². The summed E-state index contributed by atoms with van der Waals surface area (Å²) in [6.45, 7) is 0.472. The molecule has 0 fully saturated rings. The van der Waals surface area contributed by atoms with Gasteiger partial charge in [0.1, 0.15) is 0 Å². The van der Waals surface area contributed by atoms with Gasteiger partial charge in [0.15, 0.2) is 0 Å². The van der Waals surface area contributed by atoms with Crippen LogP contribution in [0, 0.1) is 0 Å². The lowest BCUT2D eigenvalue weighted by Gasteiger charge is -1.96. The topological polar surface area (TPSA) is 164 Å². The number of carboxylic acid groups (broad SMARTS) is 1. The van der Waals surface area contributed by atoms with Crippen molar-refractivity contribution in [2.45, 2.75) is 12.8 Å². The van der Waals surface area contributed by atoms with Crippen molar-refractivity contribution in [2.24, 2.45) is 5.73 Å². The first kappa shape index (κ1) is 17.2. The van der Waals surface area contributed by atoms with E-state index in [0.29, 0.717) is 6.54 Å². The molecule has 0 aromatic rings. The van der Waals surface area contributed by atoms with Crippen LogP contribution in [0.5, 0.6) is 0 Å². The molecule has 0 amide bonds. The number of aliphatic hydroxyl groups excluding tert-OH is 1. The molecule has 0 unspecified atom stereocenters. The zero-order valence-electron chi connectivity index (χ0n) is 8.20. The molecule has 10 heteroatoms. The van der Waals surface area contributed by atoms with E-state index < -0.39 is 35.2 Å². The van der Waals surface area contributed by atoms with Crippen LogP contribution < -0.4 is 5.73 Å². The molecule has 0 aliphatic rings. The van der Waals surface area contributed by atoms with Gasteiger partial charge in [-0.15, -0.1) is 0 Å². The highest BCUT2D eigenvalue weighted by Crippen LogP contribution is 1.96. The number of rotatable bonds is 5. The highest BCUT2D eigenvalue weighted by molar-refractivity contribution is 7.81. The minimum absolute atomic E-state index is 0.0972. The van der Waals surface area contributed by atoms with Gasteiger partial charge in [-0.2, -0.15) is 8.42 Å². The van der Waals surface area contributed by atoms with Gasteiger partial charge in [-0.25, -0.2) is 0 Å². The Labute approximate surface area is 91.8 Å². The summed E-state index contributed by atoms with van der Waals surface area (Å²) in [5.74, 6) is -2.57. The second-order valence-corrected chi connectivity index (χ2v) is 3.31. The molecule has 0 bridgehead atoms. The van der Waals surface area contributed by atoms with Crippen molar-refractivity contribution in [2.75, 3.05) is 13.2 Å². The average Bonchev–Trinajstić information content (AvgIpc) is 2.12. The monoisotopic (exact) mass is 259 g/mol. The quantitative estimate of drug-likeness (QED) is 0.414. The van der Waals surface area contributed by atoms with Crippen molar-refractivity contribution in [1.29, 1.82) is 0 Å². The van der Waals surface area contributed by atoms with Crippen LogP contribution in [0.3, 0.4) is 0 Å². The van der Waals surface area contributed by atoms with E-state index in [-0.39, 0.29) is 6.61 Å². The number of hydrogen-bond acceptors (Lipinski definition) is 7. The Bertz CT molecular complexity index is 308. The molecule has 0 saturated heterocycles. The maximum absolute atomic E-state index is 10.3. The van der Waals surface area contributed by atoms with Crippen molar-refractivity contribution >= 4 is 22.3 Å². The molecule has 0 aliphatic carbocycles. The van der Waals surface area contributed by atoms with E-state index in [0.717, 1.165) is 0 Å². The molecule has 0 heterocycles. The fourth-order valence-corrected chi connectivity index (χ4v) is 0.686. The Morgan fingerprint density at radius 1 is 1.25 bits per heavy atom. The van der Waals surface area contributed by atoms with Crippen LogP contribution in [-0.2, 0) is 24.2 Å². The Hall–Kier alpha value is -1.23. The lowest BCUT2D eigenvalue weighted by atomic mass is 10.3. The van der Waals surface area contributed by atoms with E-state index in [9.17, 15) is 18.0 Å². The van der Waals surface area contributed by atoms with Gasteiger partial charge in [0, 0.05) is 6.54 Å². The predicted octanol–water partition coefficient (Wildman–Crippen LogP) is -1.87. The zero-order valence-corrected chi connectivity index (χ0v) is 9.01. The maximum atomic E-state index is 10.3. The van der Waals surface area contributed by atoms with E-state index in [1.54, 1.807) is 0 Å². The molecular formula is C6H13NO8S. The van der Waals surface area contributed by atoms with Crippen LogP contribution in [0.15, 0.2) is 0 Å². The molecule has 0 rings (SSSR count). The zero-order chi connectivity index (χ0) is 13.2. The predicted molar refractivity (Wildman–Crippen MR) is 50.7 cm³/mol. The van der Waals surface area contributed by atoms with Gasteiger partial charge in [-0.1, -0.05) is 0 Å². The third kappa shape index (κ3) is 18.5. The molecule has 0 saturated carbocycles. The van der Waals surface area contributed by atoms with Crippen molar-refractivity contribution in [3.05, 3.63) is 0 Å². The minimum Gasteiger partial charge on any atom is -0.481 e. The summed E-state index contributed by atoms with van der Waals surface area (Å²) in [7, 11) is -4.81. The molecule has 0 aromatic carbocycles. The molecule has 0 atom stereocenters. The summed E-state index contributed by atoms with van der Waals surface area (Å²) in [6, 6.07) is 0. The van der Waals surface area contributed by atoms with Crippen molar-refractivity contribution in [3.8, 4) is 0 Å². The van der Waals surface area contributed by atoms with E-state index in [4.69, 9.17) is 20.5 Å². The van der Waals surface area contributed by atoms with Crippen molar-refractivity contribution < 1.29 is 37.0 Å². The molecule has 0 aliphatic heterocycles. The Balaban J connectivity index is 0. The first-order valence-electron chi connectivity index (χ1n) is 3.95. The smallest absolute Gasteiger partial charge is 0.448 e. The fourth-order valence-electron chi connectivity index (χ4n) is 0.368. The standard InChI is InChI=1S/C4H6O7S.C2H7NO/c5-3(6)1-2-4(7)11-12(8,9)10;3-1-2-4/h1-2H2,(H,5,6)(H,8,9,10);4H,1-3H2. The van der Waals surface area contributed by atoms with E-state index in [1.807, 2.05) is 0 Å². The van der Waals surface area contributed by atoms with Gasteiger partial charge in [-0.05, 0) is 0 Å². The minimum atomic E-state index is -4.81. The number of aliphatic hydroxyl groups is 1. The molecule has 0 aromatic heterocycles. The summed E-state index contributed by atoms with van der Waals surface area (Å²) in [6.07, 6.45) is -1.15. The van der Waals surface area contributed by atoms with Crippen LogP contribution in [0.25, 0.3) is 0 Å². The van der Waals surface area contributed by atoms with Gasteiger partial charge in [-0.3, -0.25) is 14.1 Å². The highest BCUT2D eigenvalue weighted by atomic mass is 32.3. The average molecular weight is 259 g/mol. The van der Waals surface area contributed by atoms with E-state index >= 15 is 0 Å². The number of carbonyl (C=O) groups excluding carboxylic acids is 1. The molecule has 9 nitrogen and oxygen atoms in total. The van der Waals surface area contributed by atoms with Gasteiger partial charge < -0.3 is 20.1 Å². The largest absolute Gasteiger partial charge is 0.481 e. The molecular weight excluding hydrogens is 246 g/mol. The van der Waals surface area contributed by atoms with Crippen molar-refractivity contribution in [1.82, 2.24) is 0 Å². The molecule has 5 N–H and O–H groups in total. The normalized spacial score (nSPS) is 9.94. The van der Waals surface area contributed by atoms with Gasteiger partial charge in [0.25, 0.3) is 0 Å². The first-order valence-corrected chi connectivity index (χ1v) is 5.32. The van der Waals surface area contributed by atoms with Gasteiger partial charge >= 0.3 is 22.3 Å². The number of nitrogens with two attached hydrogens (primary N) is 1. The molecule has 0 spiro atoms. The fraction of sp³-hybridized carbons (Fsp3) is 0.667.